The molecule has 0 unspecified atom stereocenters. The molecule has 0 bridgehead atoms. The van der Waals surface area contributed by atoms with Gasteiger partial charge in [-0.3, -0.25) is 0 Å². The normalized spacial score (nSPS) is 13.8. The van der Waals surface area contributed by atoms with Crippen LogP contribution in [0.5, 0.6) is 0 Å². The van der Waals surface area contributed by atoms with Crippen LogP contribution in [0.4, 0.5) is 0 Å². The highest BCUT2D eigenvalue weighted by atomic mass is 15.1. The van der Waals surface area contributed by atoms with Crippen molar-refractivity contribution in [2.45, 2.75) is 51.9 Å². The number of hydrogen-bond acceptors (Lipinski definition) is 2. The number of aryl methyl sites for hydroxylation is 2. The van der Waals surface area contributed by atoms with E-state index in [2.05, 4.69) is 61.3 Å². The van der Waals surface area contributed by atoms with E-state index in [9.17, 15) is 0 Å². The average Bonchev–Trinajstić information content (AvgIpc) is 2.46. The van der Waals surface area contributed by atoms with Crippen LogP contribution in [0.1, 0.15) is 50.4 Å². The molecule has 20 heavy (non-hydrogen) atoms. The smallest absolute Gasteiger partial charge is 0.0964 e. The lowest BCUT2D eigenvalue weighted by Gasteiger charge is -2.25. The summed E-state index contributed by atoms with van der Waals surface area (Å²) in [6.45, 7) is 6.76. The van der Waals surface area contributed by atoms with Gasteiger partial charge in [0.1, 0.15) is 0 Å². The summed E-state index contributed by atoms with van der Waals surface area (Å²) in [7, 11) is 0. The van der Waals surface area contributed by atoms with Gasteiger partial charge in [0, 0.05) is 11.0 Å². The Morgan fingerprint density at radius 2 is 1.80 bits per heavy atom. The van der Waals surface area contributed by atoms with Gasteiger partial charge >= 0.3 is 0 Å². The summed E-state index contributed by atoms with van der Waals surface area (Å²) >= 11 is 0. The summed E-state index contributed by atoms with van der Waals surface area (Å²) in [5, 5.41) is 9.09. The van der Waals surface area contributed by atoms with Crippen LogP contribution in [-0.4, -0.2) is 10.2 Å². The zero-order valence-electron chi connectivity index (χ0n) is 12.6. The second-order valence-electron chi connectivity index (χ2n) is 6.39. The zero-order valence-corrected chi connectivity index (χ0v) is 12.6. The molecule has 1 aromatic carbocycles. The van der Waals surface area contributed by atoms with Crippen LogP contribution in [0.25, 0.3) is 11.3 Å². The summed E-state index contributed by atoms with van der Waals surface area (Å²) in [5.74, 6) is 0. The van der Waals surface area contributed by atoms with Gasteiger partial charge in [0.05, 0.1) is 11.4 Å². The van der Waals surface area contributed by atoms with Gasteiger partial charge in [-0.1, -0.05) is 51.5 Å². The minimum Gasteiger partial charge on any atom is -0.154 e. The van der Waals surface area contributed by atoms with Crippen molar-refractivity contribution in [1.29, 1.82) is 0 Å². The molecule has 1 heterocycles. The number of nitrogens with zero attached hydrogens (tertiary/aromatic N) is 2. The standard InChI is InChI=1S/C18H22N2/c1-4-11-18(2,3)16-12-14-10-9-13-7-5-6-8-15(13)17(14)20-19-16/h5-8,12H,4,9-11H2,1-3H3. The maximum absolute atomic E-state index is 4.56. The second-order valence-corrected chi connectivity index (χ2v) is 6.39. The first-order valence-corrected chi connectivity index (χ1v) is 7.57. The van der Waals surface area contributed by atoms with Crippen molar-refractivity contribution >= 4 is 0 Å². The van der Waals surface area contributed by atoms with Gasteiger partial charge in [0.25, 0.3) is 0 Å². The van der Waals surface area contributed by atoms with E-state index < -0.39 is 0 Å². The van der Waals surface area contributed by atoms with Crippen LogP contribution in [-0.2, 0) is 18.3 Å². The van der Waals surface area contributed by atoms with E-state index >= 15 is 0 Å². The van der Waals surface area contributed by atoms with E-state index in [1.54, 1.807) is 0 Å². The van der Waals surface area contributed by atoms with Gasteiger partial charge < -0.3 is 0 Å². The molecule has 0 spiro atoms. The lowest BCUT2D eigenvalue weighted by Crippen LogP contribution is -2.21. The van der Waals surface area contributed by atoms with Crippen molar-refractivity contribution in [3.8, 4) is 11.3 Å². The zero-order chi connectivity index (χ0) is 14.2. The molecule has 0 radical (unpaired) electrons. The summed E-state index contributed by atoms with van der Waals surface area (Å²) < 4.78 is 0. The molecule has 104 valence electrons. The van der Waals surface area contributed by atoms with E-state index in [1.807, 2.05) is 0 Å². The Morgan fingerprint density at radius 3 is 2.60 bits per heavy atom. The Hall–Kier alpha value is -1.70. The number of benzene rings is 1. The maximum Gasteiger partial charge on any atom is 0.0964 e. The first kappa shape index (κ1) is 13.3. The van der Waals surface area contributed by atoms with E-state index in [-0.39, 0.29) is 5.41 Å². The highest BCUT2D eigenvalue weighted by Gasteiger charge is 2.25. The fourth-order valence-electron chi connectivity index (χ4n) is 3.17. The third-order valence-electron chi connectivity index (χ3n) is 4.38. The quantitative estimate of drug-likeness (QED) is 0.826. The van der Waals surface area contributed by atoms with E-state index in [0.29, 0.717) is 0 Å². The predicted molar refractivity (Wildman–Crippen MR) is 82.8 cm³/mol. The lowest BCUT2D eigenvalue weighted by atomic mass is 9.82. The van der Waals surface area contributed by atoms with Crippen LogP contribution in [0.2, 0.25) is 0 Å². The van der Waals surface area contributed by atoms with Gasteiger partial charge in [0.15, 0.2) is 0 Å². The highest BCUT2D eigenvalue weighted by molar-refractivity contribution is 5.69. The molecule has 0 saturated carbocycles. The lowest BCUT2D eigenvalue weighted by molar-refractivity contribution is 0.453. The van der Waals surface area contributed by atoms with Gasteiger partial charge in [-0.15, -0.1) is 5.10 Å². The largest absolute Gasteiger partial charge is 0.154 e. The molecule has 0 N–H and O–H groups in total. The molecule has 2 heteroatoms. The molecule has 0 saturated heterocycles. The van der Waals surface area contributed by atoms with E-state index in [0.717, 1.165) is 30.7 Å². The van der Waals surface area contributed by atoms with Crippen molar-refractivity contribution < 1.29 is 0 Å². The Labute approximate surface area is 121 Å². The number of fused-ring (bicyclic) bond motifs is 3. The SMILES string of the molecule is CCCC(C)(C)c1cc2c(nn1)-c1ccccc1CC2. The molecule has 1 aliphatic rings. The molecule has 0 aliphatic heterocycles. The van der Waals surface area contributed by atoms with E-state index in [4.69, 9.17) is 0 Å². The van der Waals surface area contributed by atoms with Crippen molar-refractivity contribution in [1.82, 2.24) is 10.2 Å². The molecule has 1 aromatic heterocycles. The Morgan fingerprint density at radius 1 is 1.05 bits per heavy atom. The van der Waals surface area contributed by atoms with E-state index in [1.165, 1.54) is 23.1 Å². The summed E-state index contributed by atoms with van der Waals surface area (Å²) in [6, 6.07) is 10.8. The molecular weight excluding hydrogens is 244 g/mol. The molecular formula is C18H22N2. The molecule has 0 atom stereocenters. The minimum absolute atomic E-state index is 0.119. The van der Waals surface area contributed by atoms with Gasteiger partial charge in [-0.2, -0.15) is 5.10 Å². The fourth-order valence-corrected chi connectivity index (χ4v) is 3.17. The Bertz CT molecular complexity index is 629. The average molecular weight is 266 g/mol. The second kappa shape index (κ2) is 5.01. The molecule has 3 rings (SSSR count). The highest BCUT2D eigenvalue weighted by Crippen LogP contribution is 2.34. The Balaban J connectivity index is 2.04. The van der Waals surface area contributed by atoms with Crippen LogP contribution >= 0.6 is 0 Å². The van der Waals surface area contributed by atoms with Crippen LogP contribution < -0.4 is 0 Å². The molecule has 0 fully saturated rings. The summed E-state index contributed by atoms with van der Waals surface area (Å²) in [6.07, 6.45) is 4.52. The Kier molecular flexibility index (Phi) is 3.33. The van der Waals surface area contributed by atoms with Crippen molar-refractivity contribution in [2.75, 3.05) is 0 Å². The summed E-state index contributed by atoms with van der Waals surface area (Å²) in [4.78, 5) is 0. The van der Waals surface area contributed by atoms with Crippen molar-refractivity contribution in [3.05, 3.63) is 47.2 Å². The maximum atomic E-state index is 4.56. The first-order chi connectivity index (χ1) is 9.62. The molecule has 1 aliphatic carbocycles. The number of rotatable bonds is 3. The van der Waals surface area contributed by atoms with Crippen molar-refractivity contribution in [2.24, 2.45) is 0 Å². The van der Waals surface area contributed by atoms with Crippen LogP contribution in [0.3, 0.4) is 0 Å². The topological polar surface area (TPSA) is 25.8 Å². The fraction of sp³-hybridized carbons (Fsp3) is 0.444. The van der Waals surface area contributed by atoms with Crippen LogP contribution in [0.15, 0.2) is 30.3 Å². The molecule has 2 aromatic rings. The van der Waals surface area contributed by atoms with Gasteiger partial charge in [-0.05, 0) is 36.5 Å². The predicted octanol–water partition coefficient (Wildman–Crippen LogP) is 4.32. The first-order valence-electron chi connectivity index (χ1n) is 7.57. The van der Waals surface area contributed by atoms with Gasteiger partial charge in [0.2, 0.25) is 0 Å². The van der Waals surface area contributed by atoms with Gasteiger partial charge in [-0.25, -0.2) is 0 Å². The number of aromatic nitrogens is 2. The third-order valence-corrected chi connectivity index (χ3v) is 4.38. The molecule has 2 nitrogen and oxygen atoms in total. The number of hydrogen-bond donors (Lipinski definition) is 0. The summed E-state index contributed by atoms with van der Waals surface area (Å²) in [5.41, 5.74) is 6.36. The minimum atomic E-state index is 0.119. The molecule has 0 amide bonds. The van der Waals surface area contributed by atoms with Crippen molar-refractivity contribution in [3.63, 3.8) is 0 Å². The van der Waals surface area contributed by atoms with Crippen LogP contribution in [0, 0.1) is 0 Å². The monoisotopic (exact) mass is 266 g/mol. The third kappa shape index (κ3) is 2.24.